The van der Waals surface area contributed by atoms with Crippen LogP contribution in [0, 0.1) is 5.82 Å². The van der Waals surface area contributed by atoms with Crippen molar-refractivity contribution in [2.45, 2.75) is 31.4 Å². The summed E-state index contributed by atoms with van der Waals surface area (Å²) in [6.07, 6.45) is 3.91. The first-order valence-corrected chi connectivity index (χ1v) is 7.52. The Hall–Kier alpha value is -1.23. The molecular weight excluding hydrogens is 265 g/mol. The number of amides is 1. The molecule has 1 amide bonds. The minimum absolute atomic E-state index is 0.00527. The smallest absolute Gasteiger partial charge is 0.255 e. The number of hydrogen-bond donors (Lipinski definition) is 2. The molecule has 19 heavy (non-hydrogen) atoms. The van der Waals surface area contributed by atoms with Crippen molar-refractivity contribution >= 4 is 17.7 Å². The number of halogens is 1. The maximum absolute atomic E-state index is 12.9. The largest absolute Gasteiger partial charge is 0.507 e. The van der Waals surface area contributed by atoms with E-state index in [2.05, 4.69) is 19.2 Å². The highest BCUT2D eigenvalue weighted by molar-refractivity contribution is 8.00. The molecule has 5 heteroatoms. The summed E-state index contributed by atoms with van der Waals surface area (Å²) in [6, 6.07) is 3.39. The van der Waals surface area contributed by atoms with Crippen LogP contribution in [0.3, 0.4) is 0 Å². The lowest BCUT2D eigenvalue weighted by molar-refractivity contribution is 0.0946. The van der Waals surface area contributed by atoms with Crippen molar-refractivity contribution in [1.29, 1.82) is 0 Å². The van der Waals surface area contributed by atoms with Crippen LogP contribution in [0.25, 0.3) is 0 Å². The molecule has 1 aromatic rings. The lowest BCUT2D eigenvalue weighted by atomic mass is 10.0. The Morgan fingerprint density at radius 3 is 2.53 bits per heavy atom. The number of phenolic OH excluding ortho intramolecular Hbond substituents is 1. The molecule has 0 aromatic heterocycles. The molecule has 3 nitrogen and oxygen atoms in total. The normalized spacial score (nSPS) is 11.4. The van der Waals surface area contributed by atoms with E-state index in [9.17, 15) is 14.3 Å². The molecule has 0 saturated carbocycles. The first-order valence-electron chi connectivity index (χ1n) is 6.30. The van der Waals surface area contributed by atoms with E-state index in [0.29, 0.717) is 6.54 Å². The van der Waals surface area contributed by atoms with Gasteiger partial charge in [0.05, 0.1) is 5.56 Å². The van der Waals surface area contributed by atoms with Gasteiger partial charge in [0.1, 0.15) is 11.6 Å². The second-order valence-electron chi connectivity index (χ2n) is 4.44. The average Bonchev–Trinajstić information content (AvgIpc) is 2.40. The van der Waals surface area contributed by atoms with Crippen LogP contribution in [0.5, 0.6) is 5.75 Å². The van der Waals surface area contributed by atoms with E-state index in [-0.39, 0.29) is 22.0 Å². The second-order valence-corrected chi connectivity index (χ2v) is 5.71. The van der Waals surface area contributed by atoms with Crippen molar-refractivity contribution in [3.05, 3.63) is 29.6 Å². The van der Waals surface area contributed by atoms with Gasteiger partial charge in [-0.05, 0) is 31.2 Å². The SMILES string of the molecule is CCC(CC)(CNC(=O)c1ccc(F)cc1O)SC. The molecule has 0 saturated heterocycles. The predicted molar refractivity (Wildman–Crippen MR) is 77.2 cm³/mol. The summed E-state index contributed by atoms with van der Waals surface area (Å²) in [5.74, 6) is -1.27. The first-order chi connectivity index (χ1) is 8.98. The molecule has 0 aliphatic carbocycles. The zero-order chi connectivity index (χ0) is 14.5. The van der Waals surface area contributed by atoms with E-state index in [0.717, 1.165) is 25.0 Å². The van der Waals surface area contributed by atoms with E-state index < -0.39 is 5.82 Å². The fourth-order valence-corrected chi connectivity index (χ4v) is 2.69. The predicted octanol–water partition coefficient (Wildman–Crippen LogP) is 3.18. The maximum Gasteiger partial charge on any atom is 0.255 e. The quantitative estimate of drug-likeness (QED) is 0.844. The lowest BCUT2D eigenvalue weighted by Gasteiger charge is -2.29. The molecule has 0 radical (unpaired) electrons. The van der Waals surface area contributed by atoms with Crippen molar-refractivity contribution in [3.63, 3.8) is 0 Å². The third-order valence-corrected chi connectivity index (χ3v) is 5.08. The summed E-state index contributed by atoms with van der Waals surface area (Å²) in [5, 5.41) is 12.4. The molecule has 0 atom stereocenters. The zero-order valence-electron chi connectivity index (χ0n) is 11.5. The first kappa shape index (κ1) is 15.8. The van der Waals surface area contributed by atoms with Gasteiger partial charge in [0.2, 0.25) is 0 Å². The number of phenols is 1. The number of nitrogens with one attached hydrogen (secondary N) is 1. The minimum atomic E-state index is -0.561. The van der Waals surface area contributed by atoms with Crippen LogP contribution in [-0.4, -0.2) is 28.6 Å². The summed E-state index contributed by atoms with van der Waals surface area (Å²) in [4.78, 5) is 12.0. The average molecular weight is 285 g/mol. The van der Waals surface area contributed by atoms with Gasteiger partial charge in [-0.1, -0.05) is 13.8 Å². The maximum atomic E-state index is 12.9. The summed E-state index contributed by atoms with van der Waals surface area (Å²) in [6.45, 7) is 4.69. The molecular formula is C14H20FNO2S. The van der Waals surface area contributed by atoms with Crippen molar-refractivity contribution in [2.75, 3.05) is 12.8 Å². The van der Waals surface area contributed by atoms with Crippen molar-refractivity contribution in [3.8, 4) is 5.75 Å². The topological polar surface area (TPSA) is 49.3 Å². The van der Waals surface area contributed by atoms with E-state index in [4.69, 9.17) is 0 Å². The number of carbonyl (C=O) groups is 1. The molecule has 1 rings (SSSR count). The van der Waals surface area contributed by atoms with Crippen LogP contribution in [0.15, 0.2) is 18.2 Å². The van der Waals surface area contributed by atoms with Crippen LogP contribution < -0.4 is 5.32 Å². The molecule has 0 bridgehead atoms. The van der Waals surface area contributed by atoms with Crippen LogP contribution in [-0.2, 0) is 0 Å². The van der Waals surface area contributed by atoms with Gasteiger partial charge in [-0.25, -0.2) is 4.39 Å². The minimum Gasteiger partial charge on any atom is -0.507 e. The molecule has 1 aromatic carbocycles. The van der Waals surface area contributed by atoms with Gasteiger partial charge in [-0.3, -0.25) is 4.79 Å². The summed E-state index contributed by atoms with van der Waals surface area (Å²) in [5.41, 5.74) is 0.101. The fraction of sp³-hybridized carbons (Fsp3) is 0.500. The number of rotatable bonds is 6. The van der Waals surface area contributed by atoms with Gasteiger partial charge in [0.15, 0.2) is 0 Å². The van der Waals surface area contributed by atoms with E-state index >= 15 is 0 Å². The van der Waals surface area contributed by atoms with Gasteiger partial charge in [0.25, 0.3) is 5.91 Å². The van der Waals surface area contributed by atoms with Crippen molar-refractivity contribution in [1.82, 2.24) is 5.32 Å². The molecule has 106 valence electrons. The Morgan fingerprint density at radius 2 is 2.05 bits per heavy atom. The Balaban J connectivity index is 2.75. The molecule has 0 aliphatic rings. The van der Waals surface area contributed by atoms with Crippen molar-refractivity contribution < 1.29 is 14.3 Å². The van der Waals surface area contributed by atoms with Gasteiger partial charge in [-0.2, -0.15) is 11.8 Å². The third kappa shape index (κ3) is 3.86. The standard InChI is InChI=1S/C14H20FNO2S/c1-4-14(5-2,19-3)9-16-13(18)11-7-6-10(15)8-12(11)17/h6-8,17H,4-5,9H2,1-3H3,(H,16,18). The Kier molecular flexibility index (Phi) is 5.66. The highest BCUT2D eigenvalue weighted by Crippen LogP contribution is 2.29. The molecule has 0 heterocycles. The van der Waals surface area contributed by atoms with Gasteiger partial charge >= 0.3 is 0 Å². The van der Waals surface area contributed by atoms with E-state index in [1.54, 1.807) is 11.8 Å². The van der Waals surface area contributed by atoms with E-state index in [1.165, 1.54) is 6.07 Å². The van der Waals surface area contributed by atoms with Crippen LogP contribution in [0.2, 0.25) is 0 Å². The van der Waals surface area contributed by atoms with Gasteiger partial charge in [0, 0.05) is 17.4 Å². The fourth-order valence-electron chi connectivity index (χ4n) is 1.89. The van der Waals surface area contributed by atoms with Crippen LogP contribution in [0.1, 0.15) is 37.0 Å². The van der Waals surface area contributed by atoms with Gasteiger partial charge in [-0.15, -0.1) is 0 Å². The third-order valence-electron chi connectivity index (χ3n) is 3.50. The molecule has 2 N–H and O–H groups in total. The van der Waals surface area contributed by atoms with Crippen LogP contribution >= 0.6 is 11.8 Å². The molecule has 0 spiro atoms. The number of carbonyl (C=O) groups excluding carboxylic acids is 1. The lowest BCUT2D eigenvalue weighted by Crippen LogP contribution is -2.39. The summed E-state index contributed by atoms with van der Waals surface area (Å²) < 4.78 is 12.9. The number of benzene rings is 1. The Labute approximate surface area is 117 Å². The highest BCUT2D eigenvalue weighted by Gasteiger charge is 2.26. The number of thioether (sulfide) groups is 1. The molecule has 0 aliphatic heterocycles. The molecule has 0 fully saturated rings. The number of hydrogen-bond acceptors (Lipinski definition) is 3. The van der Waals surface area contributed by atoms with Crippen LogP contribution in [0.4, 0.5) is 4.39 Å². The molecule has 0 unspecified atom stereocenters. The number of aromatic hydroxyl groups is 1. The Morgan fingerprint density at radius 1 is 1.42 bits per heavy atom. The summed E-state index contributed by atoms with van der Waals surface area (Å²) >= 11 is 1.72. The monoisotopic (exact) mass is 285 g/mol. The van der Waals surface area contributed by atoms with Crippen molar-refractivity contribution in [2.24, 2.45) is 0 Å². The zero-order valence-corrected chi connectivity index (χ0v) is 12.3. The summed E-state index contributed by atoms with van der Waals surface area (Å²) in [7, 11) is 0. The Bertz CT molecular complexity index is 439. The van der Waals surface area contributed by atoms with Gasteiger partial charge < -0.3 is 10.4 Å². The van der Waals surface area contributed by atoms with E-state index in [1.807, 2.05) is 6.26 Å². The second kappa shape index (κ2) is 6.80. The highest BCUT2D eigenvalue weighted by atomic mass is 32.2.